The zero-order chi connectivity index (χ0) is 14.9. The largest absolute Gasteiger partial charge is 0.454 e. The van der Waals surface area contributed by atoms with Gasteiger partial charge in [0, 0.05) is 6.08 Å². The molecule has 0 aromatic rings. The predicted octanol–water partition coefficient (Wildman–Crippen LogP) is 0.524. The van der Waals surface area contributed by atoms with E-state index in [-0.39, 0.29) is 6.08 Å². The number of alkyl halides is 3. The van der Waals surface area contributed by atoms with Gasteiger partial charge in [0.25, 0.3) is 0 Å². The van der Waals surface area contributed by atoms with Crippen LogP contribution in [0.3, 0.4) is 0 Å². The summed E-state index contributed by atoms with van der Waals surface area (Å²) in [5.74, 6) is -2.69. The number of nitrogens with zero attached hydrogens (tertiary/aromatic N) is 3. The number of amides is 1. The van der Waals surface area contributed by atoms with Gasteiger partial charge in [-0.25, -0.2) is 4.79 Å². The highest BCUT2D eigenvalue weighted by molar-refractivity contribution is 6.32. The lowest BCUT2D eigenvalue weighted by Crippen LogP contribution is -2.38. The molecule has 9 heteroatoms. The minimum atomic E-state index is -4.54. The third kappa shape index (κ3) is 7.39. The number of rotatable bonds is 4. The van der Waals surface area contributed by atoms with Gasteiger partial charge < -0.3 is 9.64 Å². The minimum absolute atomic E-state index is 0.146. The maximum absolute atomic E-state index is 11.7. The maximum Gasteiger partial charge on any atom is 0.409 e. The van der Waals surface area contributed by atoms with Gasteiger partial charge in [-0.3, -0.25) is 4.79 Å². The van der Waals surface area contributed by atoms with Gasteiger partial charge in [0.1, 0.15) is 19.7 Å². The molecule has 1 amide bonds. The van der Waals surface area contributed by atoms with E-state index in [2.05, 4.69) is 4.74 Å². The fourth-order valence-electron chi connectivity index (χ4n) is 0.867. The second-order valence-corrected chi connectivity index (χ2v) is 3.02. The second-order valence-electron chi connectivity index (χ2n) is 3.02. The number of hydrogen-bond acceptors (Lipinski definition) is 5. The number of nitriles is 2. The minimum Gasteiger partial charge on any atom is -0.454 e. The Kier molecular flexibility index (Phi) is 6.68. The summed E-state index contributed by atoms with van der Waals surface area (Å²) in [6, 6.07) is 3.12. The third-order valence-corrected chi connectivity index (χ3v) is 1.60. The van der Waals surface area contributed by atoms with Gasteiger partial charge in [-0.1, -0.05) is 0 Å². The highest BCUT2D eigenvalue weighted by Crippen LogP contribution is 2.15. The molecule has 19 heavy (non-hydrogen) atoms. The summed E-state index contributed by atoms with van der Waals surface area (Å²) < 4.78 is 39.3. The topological polar surface area (TPSA) is 94.2 Å². The van der Waals surface area contributed by atoms with Crippen LogP contribution in [-0.4, -0.2) is 42.6 Å². The molecule has 0 atom stereocenters. The summed E-state index contributed by atoms with van der Waals surface area (Å²) >= 11 is 0. The summed E-state index contributed by atoms with van der Waals surface area (Å²) in [5.41, 5.74) is 0. The Bertz CT molecular complexity index is 430. The molecule has 0 fully saturated rings. The van der Waals surface area contributed by atoms with Crippen molar-refractivity contribution in [3.8, 4) is 12.1 Å². The standard InChI is InChI=1S/C10H8F3N3O3/c11-10(12,13)2-1-7-19-9(18)8(17)16(5-3-14)6-4-15/h1-2H,5-7H2/b2-1+. The zero-order valence-electron chi connectivity index (χ0n) is 9.48. The van der Waals surface area contributed by atoms with Crippen LogP contribution in [0.2, 0.25) is 0 Å². The van der Waals surface area contributed by atoms with E-state index in [0.29, 0.717) is 11.0 Å². The van der Waals surface area contributed by atoms with E-state index in [1.54, 1.807) is 12.1 Å². The van der Waals surface area contributed by atoms with Crippen LogP contribution >= 0.6 is 0 Å². The van der Waals surface area contributed by atoms with Gasteiger partial charge in [0.05, 0.1) is 12.1 Å². The number of halogens is 3. The van der Waals surface area contributed by atoms with Crippen molar-refractivity contribution in [1.82, 2.24) is 4.90 Å². The molecule has 6 nitrogen and oxygen atoms in total. The van der Waals surface area contributed by atoms with Gasteiger partial charge in [-0.15, -0.1) is 0 Å². The van der Waals surface area contributed by atoms with Gasteiger partial charge in [-0.05, 0) is 6.08 Å². The average Bonchev–Trinajstić information content (AvgIpc) is 2.32. The Morgan fingerprint density at radius 1 is 1.21 bits per heavy atom. The highest BCUT2D eigenvalue weighted by Gasteiger charge is 2.24. The van der Waals surface area contributed by atoms with Crippen LogP contribution in [-0.2, 0) is 14.3 Å². The maximum atomic E-state index is 11.7. The lowest BCUT2D eigenvalue weighted by atomic mass is 10.4. The van der Waals surface area contributed by atoms with Gasteiger partial charge >= 0.3 is 18.1 Å². The molecule has 0 radical (unpaired) electrons. The van der Waals surface area contributed by atoms with Crippen molar-refractivity contribution in [3.63, 3.8) is 0 Å². The lowest BCUT2D eigenvalue weighted by molar-refractivity contribution is -0.158. The summed E-state index contributed by atoms with van der Waals surface area (Å²) in [6.07, 6.45) is -4.17. The van der Waals surface area contributed by atoms with Crippen LogP contribution in [0, 0.1) is 22.7 Å². The average molecular weight is 275 g/mol. The molecular formula is C10H8F3N3O3. The van der Waals surface area contributed by atoms with Gasteiger partial charge in [0.2, 0.25) is 0 Å². The molecular weight excluding hydrogens is 267 g/mol. The number of carbonyl (C=O) groups excluding carboxylic acids is 2. The van der Waals surface area contributed by atoms with Crippen LogP contribution in [0.25, 0.3) is 0 Å². The Morgan fingerprint density at radius 3 is 2.16 bits per heavy atom. The summed E-state index contributed by atoms with van der Waals surface area (Å²) in [6.45, 7) is -1.74. The van der Waals surface area contributed by atoms with Gasteiger partial charge in [-0.2, -0.15) is 23.7 Å². The number of esters is 1. The monoisotopic (exact) mass is 275 g/mol. The molecule has 0 unspecified atom stereocenters. The van der Waals surface area contributed by atoms with E-state index in [0.717, 1.165) is 0 Å². The van der Waals surface area contributed by atoms with Crippen molar-refractivity contribution < 1.29 is 27.5 Å². The van der Waals surface area contributed by atoms with Crippen molar-refractivity contribution in [2.24, 2.45) is 0 Å². The fourth-order valence-corrected chi connectivity index (χ4v) is 0.867. The Balaban J connectivity index is 4.35. The molecule has 0 spiro atoms. The Labute approximate surface area is 106 Å². The van der Waals surface area contributed by atoms with Crippen molar-refractivity contribution in [2.45, 2.75) is 6.18 Å². The number of carbonyl (C=O) groups is 2. The van der Waals surface area contributed by atoms with E-state index in [9.17, 15) is 22.8 Å². The molecule has 0 aromatic heterocycles. The quantitative estimate of drug-likeness (QED) is 0.323. The molecule has 0 heterocycles. The Hall–Kier alpha value is -2.55. The van der Waals surface area contributed by atoms with Crippen LogP contribution in [0.1, 0.15) is 0 Å². The lowest BCUT2D eigenvalue weighted by Gasteiger charge is -2.13. The zero-order valence-corrected chi connectivity index (χ0v) is 9.48. The number of ether oxygens (including phenoxy) is 1. The summed E-state index contributed by atoms with van der Waals surface area (Å²) in [4.78, 5) is 23.0. The van der Waals surface area contributed by atoms with Crippen molar-refractivity contribution in [3.05, 3.63) is 12.2 Å². The van der Waals surface area contributed by atoms with E-state index < -0.39 is 37.7 Å². The van der Waals surface area contributed by atoms with Gasteiger partial charge in [0.15, 0.2) is 0 Å². The second kappa shape index (κ2) is 7.71. The van der Waals surface area contributed by atoms with Crippen LogP contribution < -0.4 is 0 Å². The first kappa shape index (κ1) is 16.4. The van der Waals surface area contributed by atoms with E-state index in [4.69, 9.17) is 10.5 Å². The van der Waals surface area contributed by atoms with E-state index in [1.165, 1.54) is 0 Å². The van der Waals surface area contributed by atoms with Crippen LogP contribution in [0.5, 0.6) is 0 Å². The molecule has 0 aromatic carbocycles. The molecule has 0 saturated heterocycles. The first-order valence-electron chi connectivity index (χ1n) is 4.76. The van der Waals surface area contributed by atoms with Crippen LogP contribution in [0.4, 0.5) is 13.2 Å². The fraction of sp³-hybridized carbons (Fsp3) is 0.400. The molecule has 0 N–H and O–H groups in total. The molecule has 0 saturated carbocycles. The molecule has 0 rings (SSSR count). The molecule has 0 aliphatic rings. The van der Waals surface area contributed by atoms with Crippen molar-refractivity contribution in [2.75, 3.05) is 19.7 Å². The van der Waals surface area contributed by atoms with E-state index >= 15 is 0 Å². The SMILES string of the molecule is N#CCN(CC#N)C(=O)C(=O)OC/C=C/C(F)(F)F. The number of allylic oxidation sites excluding steroid dienone is 1. The smallest absolute Gasteiger partial charge is 0.409 e. The Morgan fingerprint density at radius 2 is 1.74 bits per heavy atom. The molecule has 0 bridgehead atoms. The molecule has 0 aliphatic heterocycles. The first-order chi connectivity index (χ1) is 8.81. The summed E-state index contributed by atoms with van der Waals surface area (Å²) in [5, 5.41) is 16.7. The van der Waals surface area contributed by atoms with E-state index in [1.807, 2.05) is 0 Å². The molecule has 0 aliphatic carbocycles. The number of hydrogen-bond donors (Lipinski definition) is 0. The predicted molar refractivity (Wildman–Crippen MR) is 54.0 cm³/mol. The van der Waals surface area contributed by atoms with Crippen molar-refractivity contribution >= 4 is 11.9 Å². The van der Waals surface area contributed by atoms with Crippen LogP contribution in [0.15, 0.2) is 12.2 Å². The first-order valence-corrected chi connectivity index (χ1v) is 4.76. The normalized spacial score (nSPS) is 10.6. The summed E-state index contributed by atoms with van der Waals surface area (Å²) in [7, 11) is 0. The van der Waals surface area contributed by atoms with Crippen molar-refractivity contribution in [1.29, 1.82) is 10.5 Å². The highest BCUT2D eigenvalue weighted by atomic mass is 19.4. The molecule has 102 valence electrons. The third-order valence-electron chi connectivity index (χ3n) is 1.60.